The summed E-state index contributed by atoms with van der Waals surface area (Å²) in [6, 6.07) is 50.5. The Balaban J connectivity index is 0.000000143. The zero-order chi connectivity index (χ0) is 50.3. The normalized spacial score (nSPS) is 21.8. The van der Waals surface area contributed by atoms with Gasteiger partial charge in [-0.15, -0.1) is 0 Å². The molecule has 2 unspecified atom stereocenters. The van der Waals surface area contributed by atoms with Crippen LogP contribution in [-0.4, -0.2) is 44.0 Å². The molecule has 0 saturated heterocycles. The highest BCUT2D eigenvalue weighted by Gasteiger charge is 2.68. The van der Waals surface area contributed by atoms with Gasteiger partial charge in [0.25, 0.3) is 11.8 Å². The van der Waals surface area contributed by atoms with Gasteiger partial charge >= 0.3 is 0 Å². The number of hydrogen-bond donors (Lipinski definition) is 4. The number of hydrogen-bond acceptors (Lipinski definition) is 6. The number of fused-ring (bicyclic) bond motifs is 4. The summed E-state index contributed by atoms with van der Waals surface area (Å²) >= 11 is 12.2. The monoisotopic (exact) mass is 1020 g/mol. The fourth-order valence-corrected chi connectivity index (χ4v) is 11.8. The lowest BCUT2D eigenvalue weighted by Crippen LogP contribution is -2.32. The molecule has 4 saturated carbocycles. The van der Waals surface area contributed by atoms with Gasteiger partial charge in [0.15, 0.2) is 11.6 Å². The van der Waals surface area contributed by atoms with Crippen molar-refractivity contribution in [1.82, 2.24) is 20.4 Å². The molecule has 2 aromatic heterocycles. The van der Waals surface area contributed by atoms with Crippen LogP contribution in [0.4, 0.5) is 23.0 Å². The quantitative estimate of drug-likeness (QED) is 0.0955. The summed E-state index contributed by atoms with van der Waals surface area (Å²) in [6.45, 7) is 0.806. The number of para-hydroxylation sites is 2. The molecule has 368 valence electrons. The Morgan fingerprint density at radius 3 is 1.34 bits per heavy atom. The average Bonchev–Trinajstić information content (AvgIpc) is 4.32. The van der Waals surface area contributed by atoms with Gasteiger partial charge < -0.3 is 20.4 Å². The molecular formula is C60H50Cl2N8O4. The molecule has 4 N–H and O–H groups in total. The van der Waals surface area contributed by atoms with Crippen LogP contribution in [0.3, 0.4) is 0 Å². The number of anilines is 4. The topological polar surface area (TPSA) is 156 Å². The Morgan fingerprint density at radius 1 is 0.527 bits per heavy atom. The second-order valence-corrected chi connectivity index (χ2v) is 21.5. The van der Waals surface area contributed by atoms with E-state index in [-0.39, 0.29) is 35.5 Å². The fraction of sp³-hybridized carbons (Fsp3) is 0.233. The molecule has 4 aliphatic carbocycles. The van der Waals surface area contributed by atoms with Gasteiger partial charge in [-0.1, -0.05) is 108 Å². The molecule has 6 aliphatic rings. The Labute approximate surface area is 437 Å². The number of aromatic nitrogens is 4. The third kappa shape index (κ3) is 8.26. The van der Waals surface area contributed by atoms with Crippen molar-refractivity contribution >= 4 is 69.8 Å². The molecule has 4 amide bonds. The third-order valence-electron chi connectivity index (χ3n) is 15.8. The fourth-order valence-electron chi connectivity index (χ4n) is 11.6. The first-order chi connectivity index (χ1) is 36.0. The van der Waals surface area contributed by atoms with Crippen LogP contribution in [0.2, 0.25) is 10.0 Å². The first-order valence-electron chi connectivity index (χ1n) is 25.3. The number of carbonyl (C=O) groups excluding carboxylic acids is 4. The molecular weight excluding hydrogens is 968 g/mol. The molecule has 14 rings (SSSR count). The van der Waals surface area contributed by atoms with Gasteiger partial charge in [0.2, 0.25) is 11.8 Å². The highest BCUT2D eigenvalue weighted by molar-refractivity contribution is 6.31. The van der Waals surface area contributed by atoms with E-state index in [9.17, 15) is 19.2 Å². The number of H-pyrrole nitrogens is 2. The minimum Gasteiger partial charge on any atom is -0.307 e. The van der Waals surface area contributed by atoms with Crippen LogP contribution in [0, 0.1) is 0 Å². The maximum atomic E-state index is 13.9. The van der Waals surface area contributed by atoms with Crippen molar-refractivity contribution in [3.63, 3.8) is 0 Å². The number of nitrogens with zero attached hydrogens (tertiary/aromatic N) is 4. The van der Waals surface area contributed by atoms with Crippen LogP contribution >= 0.6 is 23.2 Å². The first-order valence-corrected chi connectivity index (χ1v) is 26.1. The van der Waals surface area contributed by atoms with Crippen LogP contribution < -0.4 is 20.4 Å². The number of benzene rings is 6. The van der Waals surface area contributed by atoms with E-state index < -0.39 is 10.8 Å². The van der Waals surface area contributed by atoms with Crippen molar-refractivity contribution in [3.05, 3.63) is 224 Å². The highest BCUT2D eigenvalue weighted by atomic mass is 35.5. The number of amides is 4. The Morgan fingerprint density at radius 2 is 0.932 bits per heavy atom. The minimum atomic E-state index is -0.529. The van der Waals surface area contributed by atoms with Crippen molar-refractivity contribution in [1.29, 1.82) is 0 Å². The number of carbonyl (C=O) groups is 4. The van der Waals surface area contributed by atoms with Crippen molar-refractivity contribution in [2.75, 3.05) is 20.4 Å². The van der Waals surface area contributed by atoms with Gasteiger partial charge in [0.1, 0.15) is 0 Å². The molecule has 8 aromatic rings. The van der Waals surface area contributed by atoms with E-state index in [2.05, 4.69) is 43.2 Å². The van der Waals surface area contributed by atoms with Gasteiger partial charge in [-0.05, 0) is 133 Å². The van der Waals surface area contributed by atoms with Crippen molar-refractivity contribution in [2.45, 2.75) is 86.1 Å². The Hall–Kier alpha value is -7.80. The lowest BCUT2D eigenvalue weighted by Gasteiger charge is -2.19. The summed E-state index contributed by atoms with van der Waals surface area (Å²) < 4.78 is 0. The van der Waals surface area contributed by atoms with Gasteiger partial charge in [0.05, 0.1) is 23.9 Å². The molecule has 2 aliphatic heterocycles. The van der Waals surface area contributed by atoms with E-state index in [4.69, 9.17) is 23.2 Å². The van der Waals surface area contributed by atoms with E-state index >= 15 is 0 Å². The summed E-state index contributed by atoms with van der Waals surface area (Å²) in [4.78, 5) is 57.5. The highest BCUT2D eigenvalue weighted by Crippen LogP contribution is 2.67. The van der Waals surface area contributed by atoms with Crippen molar-refractivity contribution in [3.8, 4) is 0 Å². The molecule has 0 bridgehead atoms. The van der Waals surface area contributed by atoms with Gasteiger partial charge in [-0.25, -0.2) is 0 Å². The van der Waals surface area contributed by atoms with Gasteiger partial charge in [-0.2, -0.15) is 10.2 Å². The van der Waals surface area contributed by atoms with Crippen LogP contribution in [0.5, 0.6) is 0 Å². The molecule has 12 nitrogen and oxygen atoms in total. The number of halogens is 2. The molecule has 4 atom stereocenters. The van der Waals surface area contributed by atoms with Crippen LogP contribution in [0.15, 0.2) is 158 Å². The molecule has 2 spiro atoms. The minimum absolute atomic E-state index is 0.118. The Bertz CT molecular complexity index is 3320. The van der Waals surface area contributed by atoms with Crippen LogP contribution in [-0.2, 0) is 33.5 Å². The van der Waals surface area contributed by atoms with E-state index in [1.165, 1.54) is 0 Å². The second-order valence-electron chi connectivity index (χ2n) is 20.7. The zero-order valence-electron chi connectivity index (χ0n) is 40.2. The average molecular weight is 1020 g/mol. The van der Waals surface area contributed by atoms with E-state index in [1.54, 1.807) is 12.1 Å². The van der Waals surface area contributed by atoms with Crippen molar-refractivity contribution in [2.24, 2.45) is 0 Å². The number of nitrogens with one attached hydrogen (secondary N) is 4. The molecule has 4 fully saturated rings. The summed E-state index contributed by atoms with van der Waals surface area (Å²) in [7, 11) is 0. The Kier molecular flexibility index (Phi) is 11.2. The van der Waals surface area contributed by atoms with E-state index in [0.717, 1.165) is 94.7 Å². The lowest BCUT2D eigenvalue weighted by atomic mass is 9.92. The molecule has 14 heteroatoms. The second kappa shape index (κ2) is 18.0. The maximum absolute atomic E-state index is 13.9. The van der Waals surface area contributed by atoms with Crippen molar-refractivity contribution < 1.29 is 19.2 Å². The molecule has 74 heavy (non-hydrogen) atoms. The molecule has 4 heterocycles. The summed E-state index contributed by atoms with van der Waals surface area (Å²) in [6.07, 6.45) is 6.23. The molecule has 6 aromatic carbocycles. The largest absolute Gasteiger partial charge is 0.307 e. The van der Waals surface area contributed by atoms with Crippen LogP contribution in [0.25, 0.3) is 0 Å². The van der Waals surface area contributed by atoms with Crippen LogP contribution in [0.1, 0.15) is 128 Å². The summed E-state index contributed by atoms with van der Waals surface area (Å²) in [5, 5.41) is 21.6. The lowest BCUT2D eigenvalue weighted by molar-refractivity contribution is -0.121. The first kappa shape index (κ1) is 46.0. The number of rotatable bonds is 12. The predicted molar refractivity (Wildman–Crippen MR) is 286 cm³/mol. The van der Waals surface area contributed by atoms with E-state index in [0.29, 0.717) is 57.7 Å². The third-order valence-corrected chi connectivity index (χ3v) is 16.3. The standard InChI is InChI=1S/2C30H25ClN4O2/c2*31-22-12-10-19(11-13-22)24-16-30(24)23-6-1-2-7-26(23)35(29(30)37)17-18-4-3-5-21(14-18)28(36)32-27-15-25(33-34-27)20-8-9-20/h2*1-7,10-15,20,24H,8-9,16-17H2,(H2,32,33,34,36)/t24?,30-;24-,30?/m10/s1. The SMILES string of the molecule is O=C(Nc1cc(C2CC2)[nH]n1)c1cccc(CN2C(=O)C3(C[C@H]3c3ccc(Cl)cc3)c3ccccc32)c1.O=C(Nc1cc(C2CC2)[nH]n1)c1cccc(CN2C(=O)[C@]3(CC3c3ccc(Cl)cc3)c3ccccc32)c1. The predicted octanol–water partition coefficient (Wildman–Crippen LogP) is 12.3. The summed E-state index contributed by atoms with van der Waals surface area (Å²) in [5.41, 5.74) is 10.3. The summed E-state index contributed by atoms with van der Waals surface area (Å²) in [5.74, 6) is 2.21. The molecule has 0 radical (unpaired) electrons. The smallest absolute Gasteiger partial charge is 0.256 e. The van der Waals surface area contributed by atoms with Gasteiger partial charge in [-0.3, -0.25) is 29.4 Å². The maximum Gasteiger partial charge on any atom is 0.256 e. The van der Waals surface area contributed by atoms with E-state index in [1.807, 2.05) is 143 Å². The number of aromatic amines is 2. The van der Waals surface area contributed by atoms with Gasteiger partial charge in [0, 0.05) is 79.7 Å². The zero-order valence-corrected chi connectivity index (χ0v) is 41.7.